The van der Waals surface area contributed by atoms with Crippen LogP contribution in [0.15, 0.2) is 0 Å². The Hall–Kier alpha value is -0.610. The number of hydrogen-bond acceptors (Lipinski definition) is 3. The predicted molar refractivity (Wildman–Crippen MR) is 57.1 cm³/mol. The number of carbonyl (C=O) groups excluding carboxylic acids is 1. The number of carbonyl (C=O) groups is 1. The third kappa shape index (κ3) is 9.48. The van der Waals surface area contributed by atoms with Crippen LogP contribution in [0.4, 0.5) is 0 Å². The first-order chi connectivity index (χ1) is 6.31. The lowest BCUT2D eigenvalue weighted by molar-refractivity contribution is -0.122. The first-order valence-electron chi connectivity index (χ1n) is 5.01. The van der Waals surface area contributed by atoms with E-state index in [1.807, 2.05) is 20.8 Å². The third-order valence-corrected chi connectivity index (χ3v) is 1.48. The van der Waals surface area contributed by atoms with Gasteiger partial charge in [-0.25, -0.2) is 0 Å². The molecule has 0 radical (unpaired) electrons. The lowest BCUT2D eigenvalue weighted by Crippen LogP contribution is -2.41. The zero-order valence-corrected chi connectivity index (χ0v) is 9.55. The maximum Gasteiger partial charge on any atom is 0.221 e. The predicted octanol–water partition coefficient (Wildman–Crippen LogP) is 0.262. The van der Waals surface area contributed by atoms with E-state index in [-0.39, 0.29) is 17.6 Å². The van der Waals surface area contributed by atoms with Gasteiger partial charge in [-0.05, 0) is 27.7 Å². The second-order valence-electron chi connectivity index (χ2n) is 4.60. The maximum absolute atomic E-state index is 11.3. The van der Waals surface area contributed by atoms with Crippen LogP contribution < -0.4 is 10.6 Å². The summed E-state index contributed by atoms with van der Waals surface area (Å²) in [5.41, 5.74) is -0.165. The summed E-state index contributed by atoms with van der Waals surface area (Å²) in [5, 5.41) is 14.8. The standard InChI is InChI=1S/C10H22N2O2/c1-8(13)7-11-6-5-9(14)12-10(2,3)4/h8,11,13H,5-7H2,1-4H3,(H,12,14)/t8-/m0/s1. The molecule has 0 saturated heterocycles. The minimum Gasteiger partial charge on any atom is -0.392 e. The number of hydrogen-bond donors (Lipinski definition) is 3. The molecule has 3 N–H and O–H groups in total. The van der Waals surface area contributed by atoms with Crippen molar-refractivity contribution >= 4 is 5.91 Å². The van der Waals surface area contributed by atoms with Crippen LogP contribution in [0, 0.1) is 0 Å². The van der Waals surface area contributed by atoms with Crippen molar-refractivity contribution in [2.75, 3.05) is 13.1 Å². The number of aliphatic hydroxyl groups excluding tert-OH is 1. The molecular weight excluding hydrogens is 180 g/mol. The van der Waals surface area contributed by atoms with Gasteiger partial charge >= 0.3 is 0 Å². The van der Waals surface area contributed by atoms with Gasteiger partial charge < -0.3 is 15.7 Å². The summed E-state index contributed by atoms with van der Waals surface area (Å²) in [4.78, 5) is 11.3. The molecule has 0 aliphatic carbocycles. The van der Waals surface area contributed by atoms with Crippen LogP contribution >= 0.6 is 0 Å². The van der Waals surface area contributed by atoms with E-state index in [2.05, 4.69) is 10.6 Å². The average molecular weight is 202 g/mol. The normalized spacial score (nSPS) is 13.8. The van der Waals surface area contributed by atoms with E-state index in [0.717, 1.165) is 0 Å². The first kappa shape index (κ1) is 13.4. The Morgan fingerprint density at radius 2 is 2.00 bits per heavy atom. The van der Waals surface area contributed by atoms with E-state index >= 15 is 0 Å². The molecular formula is C10H22N2O2. The molecule has 4 nitrogen and oxygen atoms in total. The lowest BCUT2D eigenvalue weighted by Gasteiger charge is -2.20. The Bertz CT molecular complexity index is 173. The van der Waals surface area contributed by atoms with Gasteiger partial charge in [-0.2, -0.15) is 0 Å². The number of nitrogens with one attached hydrogen (secondary N) is 2. The van der Waals surface area contributed by atoms with Crippen molar-refractivity contribution in [3.8, 4) is 0 Å². The molecule has 0 aromatic carbocycles. The molecule has 1 amide bonds. The quantitative estimate of drug-likeness (QED) is 0.560. The molecule has 14 heavy (non-hydrogen) atoms. The van der Waals surface area contributed by atoms with E-state index in [0.29, 0.717) is 19.5 Å². The highest BCUT2D eigenvalue weighted by Crippen LogP contribution is 1.98. The topological polar surface area (TPSA) is 61.4 Å². The van der Waals surface area contributed by atoms with Crippen LogP contribution in [-0.2, 0) is 4.79 Å². The SMILES string of the molecule is C[C@H](O)CNCCC(=O)NC(C)(C)C. The van der Waals surface area contributed by atoms with E-state index in [1.165, 1.54) is 0 Å². The lowest BCUT2D eigenvalue weighted by atomic mass is 10.1. The second-order valence-corrected chi connectivity index (χ2v) is 4.60. The molecule has 0 rings (SSSR count). The van der Waals surface area contributed by atoms with Gasteiger partial charge in [-0.3, -0.25) is 4.79 Å². The van der Waals surface area contributed by atoms with Crippen LogP contribution in [0.5, 0.6) is 0 Å². The zero-order valence-electron chi connectivity index (χ0n) is 9.55. The van der Waals surface area contributed by atoms with Gasteiger partial charge in [0.1, 0.15) is 0 Å². The monoisotopic (exact) mass is 202 g/mol. The van der Waals surface area contributed by atoms with E-state index < -0.39 is 0 Å². The fourth-order valence-electron chi connectivity index (χ4n) is 0.994. The van der Waals surface area contributed by atoms with Crippen molar-refractivity contribution in [3.63, 3.8) is 0 Å². The molecule has 0 aliphatic rings. The molecule has 0 heterocycles. The van der Waals surface area contributed by atoms with Crippen molar-refractivity contribution in [2.45, 2.75) is 45.8 Å². The summed E-state index contributed by atoms with van der Waals surface area (Å²) >= 11 is 0. The van der Waals surface area contributed by atoms with E-state index in [9.17, 15) is 4.79 Å². The minimum absolute atomic E-state index is 0.0376. The van der Waals surface area contributed by atoms with Crippen LogP contribution in [0.25, 0.3) is 0 Å². The summed E-state index contributed by atoms with van der Waals surface area (Å²) < 4.78 is 0. The molecule has 0 saturated carbocycles. The Balaban J connectivity index is 3.46. The maximum atomic E-state index is 11.3. The minimum atomic E-state index is -0.360. The molecule has 0 aromatic rings. The summed E-state index contributed by atoms with van der Waals surface area (Å²) in [6, 6.07) is 0. The van der Waals surface area contributed by atoms with Gasteiger partial charge in [-0.15, -0.1) is 0 Å². The highest BCUT2D eigenvalue weighted by molar-refractivity contribution is 5.76. The molecule has 1 atom stereocenters. The van der Waals surface area contributed by atoms with Crippen molar-refractivity contribution in [1.29, 1.82) is 0 Å². The van der Waals surface area contributed by atoms with Crippen molar-refractivity contribution in [2.24, 2.45) is 0 Å². The molecule has 84 valence electrons. The van der Waals surface area contributed by atoms with E-state index in [1.54, 1.807) is 6.92 Å². The van der Waals surface area contributed by atoms with Gasteiger partial charge in [0.2, 0.25) is 5.91 Å². The molecule has 0 aliphatic heterocycles. The van der Waals surface area contributed by atoms with Crippen LogP contribution in [0.2, 0.25) is 0 Å². The number of amides is 1. The molecule has 4 heteroatoms. The summed E-state index contributed by atoms with van der Waals surface area (Å²) in [7, 11) is 0. The van der Waals surface area contributed by atoms with Crippen LogP contribution in [-0.4, -0.2) is 35.7 Å². The Morgan fingerprint density at radius 1 is 1.43 bits per heavy atom. The molecule has 0 spiro atoms. The highest BCUT2D eigenvalue weighted by atomic mass is 16.3. The summed E-state index contributed by atoms with van der Waals surface area (Å²) in [5.74, 6) is 0.0376. The van der Waals surface area contributed by atoms with Gasteiger partial charge in [0.15, 0.2) is 0 Å². The van der Waals surface area contributed by atoms with Crippen LogP contribution in [0.3, 0.4) is 0 Å². The number of rotatable bonds is 5. The Kier molecular flexibility index (Phi) is 5.72. The second kappa shape index (κ2) is 5.98. The van der Waals surface area contributed by atoms with Gasteiger partial charge in [0, 0.05) is 25.0 Å². The largest absolute Gasteiger partial charge is 0.392 e. The molecule has 0 fully saturated rings. The number of aliphatic hydroxyl groups is 1. The summed E-state index contributed by atoms with van der Waals surface area (Å²) in [6.45, 7) is 8.70. The van der Waals surface area contributed by atoms with Gasteiger partial charge in [0.05, 0.1) is 6.10 Å². The highest BCUT2D eigenvalue weighted by Gasteiger charge is 2.12. The first-order valence-corrected chi connectivity index (χ1v) is 5.01. The van der Waals surface area contributed by atoms with Gasteiger partial charge in [0.25, 0.3) is 0 Å². The van der Waals surface area contributed by atoms with Crippen molar-refractivity contribution < 1.29 is 9.90 Å². The van der Waals surface area contributed by atoms with E-state index in [4.69, 9.17) is 5.11 Å². The fourth-order valence-corrected chi connectivity index (χ4v) is 0.994. The van der Waals surface area contributed by atoms with Crippen molar-refractivity contribution in [1.82, 2.24) is 10.6 Å². The third-order valence-electron chi connectivity index (χ3n) is 1.48. The molecule has 0 bridgehead atoms. The van der Waals surface area contributed by atoms with Crippen LogP contribution in [0.1, 0.15) is 34.1 Å². The Morgan fingerprint density at radius 3 is 2.43 bits per heavy atom. The Labute approximate surface area is 86.1 Å². The fraction of sp³-hybridized carbons (Fsp3) is 0.900. The zero-order chi connectivity index (χ0) is 11.2. The summed E-state index contributed by atoms with van der Waals surface area (Å²) in [6.07, 6.45) is 0.0879. The van der Waals surface area contributed by atoms with Crippen molar-refractivity contribution in [3.05, 3.63) is 0 Å². The smallest absolute Gasteiger partial charge is 0.221 e. The molecule has 0 unspecified atom stereocenters. The average Bonchev–Trinajstić information content (AvgIpc) is 1.94. The molecule has 0 aromatic heterocycles. The van der Waals surface area contributed by atoms with Gasteiger partial charge in [-0.1, -0.05) is 0 Å².